The lowest BCUT2D eigenvalue weighted by atomic mass is 10.0. The monoisotopic (exact) mass is 486 g/mol. The lowest BCUT2D eigenvalue weighted by molar-refractivity contribution is -0.137. The van der Waals surface area contributed by atoms with Gasteiger partial charge in [0.25, 0.3) is 5.91 Å². The van der Waals surface area contributed by atoms with Crippen molar-refractivity contribution in [3.8, 4) is 0 Å². The van der Waals surface area contributed by atoms with Gasteiger partial charge < -0.3 is 26.4 Å². The van der Waals surface area contributed by atoms with Crippen molar-refractivity contribution in [3.05, 3.63) is 95.6 Å². The van der Waals surface area contributed by atoms with Gasteiger partial charge >= 0.3 is 5.97 Å². The Bertz CT molecular complexity index is 1280. The standard InChI is InChI=1S/C27H26N4O5/c28-19-11-12-21-20(14-19)27(36)31(23(26(35)30-21)13-17-7-3-1-4-8-17)16-24(32)29-22(15-25(33)34)18-9-5-2-6-10-18/h1-12,14,22-23H,13,15-16,28H2,(H,29,32)(H,30,35)(H,33,34)/t22?,23-/m0/s1. The summed E-state index contributed by atoms with van der Waals surface area (Å²) in [4.78, 5) is 52.7. The molecule has 9 heteroatoms. The van der Waals surface area contributed by atoms with E-state index in [1.165, 1.54) is 11.0 Å². The van der Waals surface area contributed by atoms with Crippen LogP contribution in [0, 0.1) is 0 Å². The van der Waals surface area contributed by atoms with E-state index in [4.69, 9.17) is 5.73 Å². The number of hydrogen-bond acceptors (Lipinski definition) is 5. The predicted octanol–water partition coefficient (Wildman–Crippen LogP) is 2.61. The lowest BCUT2D eigenvalue weighted by Crippen LogP contribution is -2.51. The maximum absolute atomic E-state index is 13.6. The number of nitrogens with one attached hydrogen (secondary N) is 2. The Balaban J connectivity index is 1.64. The van der Waals surface area contributed by atoms with E-state index in [-0.39, 0.29) is 18.4 Å². The summed E-state index contributed by atoms with van der Waals surface area (Å²) in [6, 6.07) is 20.7. The van der Waals surface area contributed by atoms with Crippen molar-refractivity contribution in [2.45, 2.75) is 24.9 Å². The number of carbonyl (C=O) groups excluding carboxylic acids is 3. The fourth-order valence-corrected chi connectivity index (χ4v) is 4.23. The maximum atomic E-state index is 13.6. The number of nitrogen functional groups attached to an aromatic ring is 1. The first-order valence-electron chi connectivity index (χ1n) is 11.4. The van der Waals surface area contributed by atoms with E-state index in [1.807, 2.05) is 30.3 Å². The molecule has 1 aliphatic heterocycles. The first-order chi connectivity index (χ1) is 17.3. The zero-order chi connectivity index (χ0) is 25.7. The molecule has 0 spiro atoms. The van der Waals surface area contributed by atoms with Crippen LogP contribution in [0.3, 0.4) is 0 Å². The summed E-state index contributed by atoms with van der Waals surface area (Å²) in [5.41, 5.74) is 8.16. The number of rotatable bonds is 8. The normalized spacial score (nSPS) is 15.9. The van der Waals surface area contributed by atoms with Crippen LogP contribution in [0.25, 0.3) is 0 Å². The Labute approximate surface area is 207 Å². The molecule has 1 aliphatic rings. The maximum Gasteiger partial charge on any atom is 0.305 e. The van der Waals surface area contributed by atoms with Crippen LogP contribution in [0.4, 0.5) is 11.4 Å². The molecular formula is C27H26N4O5. The highest BCUT2D eigenvalue weighted by atomic mass is 16.4. The lowest BCUT2D eigenvalue weighted by Gasteiger charge is -2.29. The quantitative estimate of drug-likeness (QED) is 0.361. The van der Waals surface area contributed by atoms with Gasteiger partial charge in [0.2, 0.25) is 11.8 Å². The summed E-state index contributed by atoms with van der Waals surface area (Å²) in [6.07, 6.45) is -0.149. The fraction of sp³-hybridized carbons (Fsp3) is 0.185. The summed E-state index contributed by atoms with van der Waals surface area (Å²) in [5.74, 6) is -2.63. The molecular weight excluding hydrogens is 460 g/mol. The van der Waals surface area contributed by atoms with Crippen LogP contribution in [0.15, 0.2) is 78.9 Å². The smallest absolute Gasteiger partial charge is 0.305 e. The van der Waals surface area contributed by atoms with Crippen LogP contribution in [-0.2, 0) is 20.8 Å². The van der Waals surface area contributed by atoms with Crippen molar-refractivity contribution in [1.82, 2.24) is 10.2 Å². The van der Waals surface area contributed by atoms with E-state index in [0.29, 0.717) is 16.9 Å². The Hall–Kier alpha value is -4.66. The molecule has 2 atom stereocenters. The first-order valence-corrected chi connectivity index (χ1v) is 11.4. The van der Waals surface area contributed by atoms with E-state index in [2.05, 4.69) is 10.6 Å². The van der Waals surface area contributed by atoms with Crippen molar-refractivity contribution >= 4 is 35.1 Å². The van der Waals surface area contributed by atoms with Crippen LogP contribution in [0.5, 0.6) is 0 Å². The second-order valence-corrected chi connectivity index (χ2v) is 8.56. The minimum absolute atomic E-state index is 0.178. The van der Waals surface area contributed by atoms with Gasteiger partial charge in [-0.2, -0.15) is 0 Å². The number of aliphatic carboxylic acids is 1. The number of carbonyl (C=O) groups is 4. The fourth-order valence-electron chi connectivity index (χ4n) is 4.23. The van der Waals surface area contributed by atoms with Crippen molar-refractivity contribution in [3.63, 3.8) is 0 Å². The van der Waals surface area contributed by atoms with Crippen molar-refractivity contribution in [1.29, 1.82) is 0 Å². The average Bonchev–Trinajstić information content (AvgIpc) is 2.95. The van der Waals surface area contributed by atoms with Gasteiger partial charge in [-0.3, -0.25) is 19.2 Å². The minimum atomic E-state index is -1.08. The molecule has 1 unspecified atom stereocenters. The largest absolute Gasteiger partial charge is 0.481 e. The number of carboxylic acid groups (broad SMARTS) is 1. The zero-order valence-electron chi connectivity index (χ0n) is 19.4. The number of nitrogens with two attached hydrogens (primary N) is 1. The highest BCUT2D eigenvalue weighted by Crippen LogP contribution is 2.27. The Morgan fingerprint density at radius 2 is 1.67 bits per heavy atom. The van der Waals surface area contributed by atoms with Crippen molar-refractivity contribution < 1.29 is 24.3 Å². The topological polar surface area (TPSA) is 142 Å². The summed E-state index contributed by atoms with van der Waals surface area (Å²) in [7, 11) is 0. The van der Waals surface area contributed by atoms with Gasteiger partial charge in [0.15, 0.2) is 0 Å². The minimum Gasteiger partial charge on any atom is -0.481 e. The molecule has 0 radical (unpaired) electrons. The molecule has 3 aromatic rings. The van der Waals surface area contributed by atoms with Crippen LogP contribution in [0.1, 0.15) is 33.9 Å². The Morgan fingerprint density at radius 3 is 2.33 bits per heavy atom. The van der Waals surface area contributed by atoms with Gasteiger partial charge in [-0.15, -0.1) is 0 Å². The summed E-state index contributed by atoms with van der Waals surface area (Å²) >= 11 is 0. The van der Waals surface area contributed by atoms with E-state index >= 15 is 0 Å². The molecule has 5 N–H and O–H groups in total. The molecule has 0 bridgehead atoms. The molecule has 184 valence electrons. The number of amides is 3. The van der Waals surface area contributed by atoms with Crippen LogP contribution in [0.2, 0.25) is 0 Å². The Kier molecular flexibility index (Phi) is 7.29. The molecule has 0 saturated heterocycles. The van der Waals surface area contributed by atoms with Crippen LogP contribution < -0.4 is 16.4 Å². The highest BCUT2D eigenvalue weighted by molar-refractivity contribution is 6.11. The molecule has 3 aromatic carbocycles. The summed E-state index contributed by atoms with van der Waals surface area (Å²) in [6.45, 7) is -0.444. The molecule has 0 fully saturated rings. The second kappa shape index (κ2) is 10.7. The van der Waals surface area contributed by atoms with Gasteiger partial charge in [-0.1, -0.05) is 60.7 Å². The van der Waals surface area contributed by atoms with Crippen LogP contribution in [-0.4, -0.2) is 46.3 Å². The molecule has 36 heavy (non-hydrogen) atoms. The first kappa shape index (κ1) is 24.5. The van der Waals surface area contributed by atoms with Crippen LogP contribution >= 0.6 is 0 Å². The van der Waals surface area contributed by atoms with Gasteiger partial charge in [0.05, 0.1) is 23.7 Å². The number of carboxylic acids is 1. The molecule has 0 aliphatic carbocycles. The summed E-state index contributed by atoms with van der Waals surface area (Å²) < 4.78 is 0. The SMILES string of the molecule is Nc1ccc2c(c1)C(=O)N(CC(=O)NC(CC(=O)O)c1ccccc1)[C@@H](Cc1ccccc1)C(=O)N2. The second-order valence-electron chi connectivity index (χ2n) is 8.56. The molecule has 9 nitrogen and oxygen atoms in total. The zero-order valence-corrected chi connectivity index (χ0v) is 19.4. The van der Waals surface area contributed by atoms with Crippen molar-refractivity contribution in [2.75, 3.05) is 17.6 Å². The number of anilines is 2. The predicted molar refractivity (Wildman–Crippen MR) is 134 cm³/mol. The average molecular weight is 487 g/mol. The van der Waals surface area contributed by atoms with E-state index in [9.17, 15) is 24.3 Å². The summed E-state index contributed by atoms with van der Waals surface area (Å²) in [5, 5.41) is 14.9. The highest BCUT2D eigenvalue weighted by Gasteiger charge is 2.37. The van der Waals surface area contributed by atoms with E-state index in [1.54, 1.807) is 42.5 Å². The number of benzene rings is 3. The Morgan fingerprint density at radius 1 is 1.00 bits per heavy atom. The van der Waals surface area contributed by atoms with Gasteiger partial charge in [-0.05, 0) is 29.3 Å². The number of fused-ring (bicyclic) bond motifs is 1. The van der Waals surface area contributed by atoms with E-state index in [0.717, 1.165) is 5.56 Å². The molecule has 1 heterocycles. The number of nitrogens with zero attached hydrogens (tertiary/aromatic N) is 1. The third-order valence-electron chi connectivity index (χ3n) is 5.97. The number of hydrogen-bond donors (Lipinski definition) is 4. The molecule has 0 saturated carbocycles. The molecule has 0 aromatic heterocycles. The van der Waals surface area contributed by atoms with E-state index < -0.39 is 42.3 Å². The third kappa shape index (κ3) is 5.69. The van der Waals surface area contributed by atoms with Gasteiger partial charge in [0.1, 0.15) is 12.6 Å². The van der Waals surface area contributed by atoms with Gasteiger partial charge in [-0.25, -0.2) is 0 Å². The molecule has 4 rings (SSSR count). The molecule has 3 amide bonds. The third-order valence-corrected chi connectivity index (χ3v) is 5.97. The van der Waals surface area contributed by atoms with Crippen molar-refractivity contribution in [2.24, 2.45) is 0 Å². The van der Waals surface area contributed by atoms with Gasteiger partial charge in [0, 0.05) is 12.1 Å².